The van der Waals surface area contributed by atoms with E-state index in [4.69, 9.17) is 11.6 Å². The SMILES string of the molecule is Cc1ccc(NC(=O)CSCC(=O)Nc2ccc(C)cc2Cl)cc1. The van der Waals surface area contributed by atoms with Crippen molar-refractivity contribution in [1.29, 1.82) is 0 Å². The second-order valence-corrected chi connectivity index (χ2v) is 6.83. The summed E-state index contributed by atoms with van der Waals surface area (Å²) in [6.45, 7) is 3.92. The zero-order valence-electron chi connectivity index (χ0n) is 13.6. The van der Waals surface area contributed by atoms with E-state index in [0.29, 0.717) is 10.7 Å². The predicted molar refractivity (Wildman–Crippen MR) is 102 cm³/mol. The molecule has 0 saturated heterocycles. The largest absolute Gasteiger partial charge is 0.325 e. The molecule has 0 unspecified atom stereocenters. The third kappa shape index (κ3) is 5.91. The summed E-state index contributed by atoms with van der Waals surface area (Å²) in [5, 5.41) is 6.04. The van der Waals surface area contributed by atoms with Gasteiger partial charge in [0.1, 0.15) is 0 Å². The lowest BCUT2D eigenvalue weighted by Crippen LogP contribution is -2.18. The quantitative estimate of drug-likeness (QED) is 0.806. The van der Waals surface area contributed by atoms with Crippen LogP contribution < -0.4 is 10.6 Å². The first-order valence-electron chi connectivity index (χ1n) is 7.44. The number of nitrogens with one attached hydrogen (secondary N) is 2. The molecule has 2 aromatic carbocycles. The monoisotopic (exact) mass is 362 g/mol. The first-order chi connectivity index (χ1) is 11.4. The summed E-state index contributed by atoms with van der Waals surface area (Å²) >= 11 is 7.33. The maximum absolute atomic E-state index is 11.9. The number of carbonyl (C=O) groups excluding carboxylic acids is 2. The Labute approximate surface area is 151 Å². The van der Waals surface area contributed by atoms with E-state index < -0.39 is 0 Å². The van der Waals surface area contributed by atoms with Crippen molar-refractivity contribution in [3.63, 3.8) is 0 Å². The molecule has 2 rings (SSSR count). The summed E-state index contributed by atoms with van der Waals surface area (Å²) in [7, 11) is 0. The van der Waals surface area contributed by atoms with Gasteiger partial charge in [0, 0.05) is 5.69 Å². The normalized spacial score (nSPS) is 10.3. The molecule has 24 heavy (non-hydrogen) atoms. The third-order valence-corrected chi connectivity index (χ3v) is 4.45. The smallest absolute Gasteiger partial charge is 0.234 e. The lowest BCUT2D eigenvalue weighted by atomic mass is 10.2. The Morgan fingerprint density at radius 2 is 1.50 bits per heavy atom. The van der Waals surface area contributed by atoms with Gasteiger partial charge in [-0.3, -0.25) is 9.59 Å². The Morgan fingerprint density at radius 3 is 2.12 bits per heavy atom. The Balaban J connectivity index is 1.73. The van der Waals surface area contributed by atoms with Crippen molar-refractivity contribution >= 4 is 46.6 Å². The molecule has 0 aliphatic rings. The molecule has 0 heterocycles. The minimum atomic E-state index is -0.186. The molecule has 0 spiro atoms. The minimum absolute atomic E-state index is 0.134. The molecule has 0 fully saturated rings. The van der Waals surface area contributed by atoms with Crippen LogP contribution in [0.2, 0.25) is 5.02 Å². The van der Waals surface area contributed by atoms with Crippen molar-refractivity contribution < 1.29 is 9.59 Å². The lowest BCUT2D eigenvalue weighted by molar-refractivity contribution is -0.114. The topological polar surface area (TPSA) is 58.2 Å². The third-order valence-electron chi connectivity index (χ3n) is 3.20. The van der Waals surface area contributed by atoms with Crippen molar-refractivity contribution in [3.8, 4) is 0 Å². The Bertz CT molecular complexity index is 732. The molecular weight excluding hydrogens is 344 g/mol. The van der Waals surface area contributed by atoms with E-state index in [1.807, 2.05) is 44.2 Å². The molecule has 0 saturated carbocycles. The summed E-state index contributed by atoms with van der Waals surface area (Å²) in [6, 6.07) is 13.0. The van der Waals surface area contributed by atoms with Gasteiger partial charge in [-0.05, 0) is 43.7 Å². The van der Waals surface area contributed by atoms with Gasteiger partial charge in [0.25, 0.3) is 0 Å². The highest BCUT2D eigenvalue weighted by atomic mass is 35.5. The first kappa shape index (κ1) is 18.4. The van der Waals surface area contributed by atoms with Crippen LogP contribution in [0.5, 0.6) is 0 Å². The molecular formula is C18H19ClN2O2S. The van der Waals surface area contributed by atoms with Crippen molar-refractivity contribution in [1.82, 2.24) is 0 Å². The molecule has 0 aliphatic carbocycles. The van der Waals surface area contributed by atoms with Crippen molar-refractivity contribution in [2.24, 2.45) is 0 Å². The molecule has 2 N–H and O–H groups in total. The van der Waals surface area contributed by atoms with E-state index in [1.165, 1.54) is 11.8 Å². The van der Waals surface area contributed by atoms with Crippen LogP contribution in [-0.4, -0.2) is 23.3 Å². The average molecular weight is 363 g/mol. The number of rotatable bonds is 6. The summed E-state index contributed by atoms with van der Waals surface area (Å²) in [4.78, 5) is 23.7. The Morgan fingerprint density at radius 1 is 0.917 bits per heavy atom. The number of carbonyl (C=O) groups is 2. The number of anilines is 2. The molecule has 4 nitrogen and oxygen atoms in total. The van der Waals surface area contributed by atoms with E-state index in [0.717, 1.165) is 16.8 Å². The first-order valence-corrected chi connectivity index (χ1v) is 8.97. The van der Waals surface area contributed by atoms with Crippen LogP contribution in [-0.2, 0) is 9.59 Å². The van der Waals surface area contributed by atoms with Crippen LogP contribution in [0.15, 0.2) is 42.5 Å². The van der Waals surface area contributed by atoms with Crippen LogP contribution in [0.25, 0.3) is 0 Å². The second kappa shape index (κ2) is 8.76. The van der Waals surface area contributed by atoms with Gasteiger partial charge in [-0.15, -0.1) is 11.8 Å². The molecule has 0 bridgehead atoms. The molecule has 2 aromatic rings. The van der Waals surface area contributed by atoms with E-state index in [2.05, 4.69) is 10.6 Å². The van der Waals surface area contributed by atoms with Crippen molar-refractivity contribution in [2.75, 3.05) is 22.1 Å². The molecule has 6 heteroatoms. The van der Waals surface area contributed by atoms with Gasteiger partial charge in [0.2, 0.25) is 11.8 Å². The van der Waals surface area contributed by atoms with Gasteiger partial charge >= 0.3 is 0 Å². The molecule has 126 valence electrons. The molecule has 2 amide bonds. The predicted octanol–water partition coefficient (Wildman–Crippen LogP) is 4.27. The van der Waals surface area contributed by atoms with Crippen LogP contribution in [0.4, 0.5) is 11.4 Å². The minimum Gasteiger partial charge on any atom is -0.325 e. The maximum atomic E-state index is 11.9. The number of aryl methyl sites for hydroxylation is 2. The van der Waals surface area contributed by atoms with Gasteiger partial charge in [-0.1, -0.05) is 35.4 Å². The zero-order chi connectivity index (χ0) is 17.5. The highest BCUT2D eigenvalue weighted by Crippen LogP contribution is 2.22. The number of amides is 2. The van der Waals surface area contributed by atoms with E-state index >= 15 is 0 Å². The lowest BCUT2D eigenvalue weighted by Gasteiger charge is -2.08. The van der Waals surface area contributed by atoms with Gasteiger partial charge in [-0.2, -0.15) is 0 Å². The maximum Gasteiger partial charge on any atom is 0.234 e. The van der Waals surface area contributed by atoms with Crippen LogP contribution in [0.3, 0.4) is 0 Å². The van der Waals surface area contributed by atoms with Crippen molar-refractivity contribution in [2.45, 2.75) is 13.8 Å². The van der Waals surface area contributed by atoms with E-state index in [1.54, 1.807) is 12.1 Å². The number of hydrogen-bond acceptors (Lipinski definition) is 3. The number of hydrogen-bond donors (Lipinski definition) is 2. The summed E-state index contributed by atoms with van der Waals surface area (Å²) in [5.41, 5.74) is 3.49. The van der Waals surface area contributed by atoms with Crippen LogP contribution in [0.1, 0.15) is 11.1 Å². The number of halogens is 1. The fourth-order valence-corrected chi connectivity index (χ4v) is 2.88. The summed E-state index contributed by atoms with van der Waals surface area (Å²) in [5.74, 6) is 0.0768. The summed E-state index contributed by atoms with van der Waals surface area (Å²) < 4.78 is 0. The van der Waals surface area contributed by atoms with Gasteiger partial charge in [0.05, 0.1) is 22.2 Å². The molecule has 0 aromatic heterocycles. The highest BCUT2D eigenvalue weighted by molar-refractivity contribution is 8.00. The van der Waals surface area contributed by atoms with Gasteiger partial charge in [0.15, 0.2) is 0 Å². The van der Waals surface area contributed by atoms with Gasteiger partial charge in [-0.25, -0.2) is 0 Å². The van der Waals surface area contributed by atoms with Crippen LogP contribution in [0, 0.1) is 13.8 Å². The summed E-state index contributed by atoms with van der Waals surface area (Å²) in [6.07, 6.45) is 0. The van der Waals surface area contributed by atoms with E-state index in [-0.39, 0.29) is 23.3 Å². The average Bonchev–Trinajstić information content (AvgIpc) is 2.52. The fourth-order valence-electron chi connectivity index (χ4n) is 1.98. The van der Waals surface area contributed by atoms with Crippen molar-refractivity contribution in [3.05, 3.63) is 58.6 Å². The Hall–Kier alpha value is -1.98. The van der Waals surface area contributed by atoms with Crippen LogP contribution >= 0.6 is 23.4 Å². The number of benzene rings is 2. The van der Waals surface area contributed by atoms with E-state index in [9.17, 15) is 9.59 Å². The number of thioether (sulfide) groups is 1. The zero-order valence-corrected chi connectivity index (χ0v) is 15.1. The standard InChI is InChI=1S/C18H19ClN2O2S/c1-12-3-6-14(7-4-12)20-17(22)10-24-11-18(23)21-16-8-5-13(2)9-15(16)19/h3-9H,10-11H2,1-2H3,(H,20,22)(H,21,23). The Kier molecular flexibility index (Phi) is 6.70. The molecule has 0 aliphatic heterocycles. The molecule has 0 atom stereocenters. The second-order valence-electron chi connectivity index (χ2n) is 5.44. The van der Waals surface area contributed by atoms with Gasteiger partial charge < -0.3 is 10.6 Å². The highest BCUT2D eigenvalue weighted by Gasteiger charge is 2.08. The fraction of sp³-hybridized carbons (Fsp3) is 0.222. The molecule has 0 radical (unpaired) electrons.